The summed E-state index contributed by atoms with van der Waals surface area (Å²) in [6.07, 6.45) is 0.724. The number of benzene rings is 2. The largest absolute Gasteiger partial charge is 0.444 e. The predicted octanol–water partition coefficient (Wildman–Crippen LogP) is 3.81. The van der Waals surface area contributed by atoms with Crippen LogP contribution in [0.25, 0.3) is 0 Å². The Kier molecular flexibility index (Phi) is 4.75. The number of amides is 1. The summed E-state index contributed by atoms with van der Waals surface area (Å²) in [7, 11) is 0. The van der Waals surface area contributed by atoms with Crippen LogP contribution in [0.3, 0.4) is 0 Å². The molecular weight excluding hydrogens is 300 g/mol. The number of hydrogen-bond acceptors (Lipinski definition) is 3. The van der Waals surface area contributed by atoms with Crippen molar-refractivity contribution in [2.24, 2.45) is 0 Å². The highest BCUT2D eigenvalue weighted by atomic mass is 16.4. The van der Waals surface area contributed by atoms with Crippen LogP contribution in [0, 0.1) is 13.8 Å². The zero-order valence-corrected chi connectivity index (χ0v) is 13.9. The lowest BCUT2D eigenvalue weighted by atomic mass is 9.99. The number of carbonyl (C=O) groups excluding carboxylic acids is 1. The molecule has 122 valence electrons. The van der Waals surface area contributed by atoms with Crippen LogP contribution in [-0.4, -0.2) is 10.9 Å². The molecule has 0 atom stereocenters. The molecule has 1 heterocycles. The van der Waals surface area contributed by atoms with E-state index in [2.05, 4.69) is 22.4 Å². The molecule has 0 fully saturated rings. The van der Waals surface area contributed by atoms with Crippen molar-refractivity contribution in [3.8, 4) is 0 Å². The molecule has 0 saturated carbocycles. The van der Waals surface area contributed by atoms with Gasteiger partial charge in [-0.3, -0.25) is 4.79 Å². The van der Waals surface area contributed by atoms with Gasteiger partial charge in [-0.15, -0.1) is 0 Å². The van der Waals surface area contributed by atoms with Gasteiger partial charge in [-0.25, -0.2) is 4.98 Å². The van der Waals surface area contributed by atoms with E-state index in [0.29, 0.717) is 11.5 Å². The molecule has 0 aliphatic heterocycles. The van der Waals surface area contributed by atoms with Crippen molar-refractivity contribution in [3.05, 3.63) is 88.6 Å². The van der Waals surface area contributed by atoms with Gasteiger partial charge in [0.15, 0.2) is 0 Å². The molecule has 1 aromatic heterocycles. The number of carbonyl (C=O) groups is 1. The van der Waals surface area contributed by atoms with Crippen LogP contribution in [0.1, 0.15) is 38.8 Å². The second kappa shape index (κ2) is 7.13. The number of oxazole rings is 1. The molecule has 0 aliphatic rings. The van der Waals surface area contributed by atoms with Crippen LogP contribution in [-0.2, 0) is 13.0 Å². The monoisotopic (exact) mass is 320 g/mol. The van der Waals surface area contributed by atoms with Crippen molar-refractivity contribution in [3.63, 3.8) is 0 Å². The van der Waals surface area contributed by atoms with Crippen molar-refractivity contribution in [2.75, 3.05) is 0 Å². The molecular formula is C20H20N2O2. The van der Waals surface area contributed by atoms with Crippen molar-refractivity contribution < 1.29 is 9.21 Å². The van der Waals surface area contributed by atoms with Gasteiger partial charge in [-0.2, -0.15) is 0 Å². The molecule has 1 N–H and O–H groups in total. The summed E-state index contributed by atoms with van der Waals surface area (Å²) in [6.45, 7) is 4.04. The third-order valence-electron chi connectivity index (χ3n) is 3.97. The molecule has 1 amide bonds. The first kappa shape index (κ1) is 16.0. The minimum atomic E-state index is -0.116. The molecule has 4 nitrogen and oxygen atoms in total. The lowest BCUT2D eigenvalue weighted by Crippen LogP contribution is -2.24. The van der Waals surface area contributed by atoms with Crippen LogP contribution in [0.5, 0.6) is 0 Å². The Morgan fingerprint density at radius 1 is 1.04 bits per heavy atom. The number of nitrogens with zero attached hydrogens (tertiary/aromatic N) is 1. The van der Waals surface area contributed by atoms with Gasteiger partial charge in [0, 0.05) is 5.56 Å². The smallest absolute Gasteiger partial charge is 0.252 e. The van der Waals surface area contributed by atoms with Crippen LogP contribution in [0.2, 0.25) is 0 Å². The number of nitrogens with one attached hydrogen (secondary N) is 1. The van der Waals surface area contributed by atoms with E-state index in [9.17, 15) is 4.79 Å². The number of hydrogen-bond donors (Lipinski definition) is 1. The first-order valence-corrected chi connectivity index (χ1v) is 7.96. The van der Waals surface area contributed by atoms with Gasteiger partial charge < -0.3 is 9.73 Å². The average molecular weight is 320 g/mol. The van der Waals surface area contributed by atoms with Crippen LogP contribution in [0.15, 0.2) is 59.0 Å². The van der Waals surface area contributed by atoms with Crippen LogP contribution < -0.4 is 5.32 Å². The van der Waals surface area contributed by atoms with Gasteiger partial charge in [0.1, 0.15) is 5.76 Å². The Balaban J connectivity index is 1.72. The van der Waals surface area contributed by atoms with Gasteiger partial charge in [0.05, 0.1) is 12.2 Å². The fourth-order valence-corrected chi connectivity index (χ4v) is 2.58. The Bertz CT molecular complexity index is 818. The van der Waals surface area contributed by atoms with E-state index in [-0.39, 0.29) is 12.5 Å². The minimum Gasteiger partial charge on any atom is -0.444 e. The first-order chi connectivity index (χ1) is 11.6. The molecule has 24 heavy (non-hydrogen) atoms. The summed E-state index contributed by atoms with van der Waals surface area (Å²) < 4.78 is 5.50. The number of aromatic nitrogens is 1. The Morgan fingerprint density at radius 3 is 2.46 bits per heavy atom. The van der Waals surface area contributed by atoms with E-state index < -0.39 is 0 Å². The molecule has 0 saturated heterocycles. The Morgan fingerprint density at radius 2 is 1.75 bits per heavy atom. The van der Waals surface area contributed by atoms with Crippen LogP contribution >= 0.6 is 0 Å². The fourth-order valence-electron chi connectivity index (χ4n) is 2.58. The highest BCUT2D eigenvalue weighted by molar-refractivity contribution is 5.95. The summed E-state index contributed by atoms with van der Waals surface area (Å²) in [5, 5.41) is 2.89. The molecule has 0 unspecified atom stereocenters. The second-order valence-electron chi connectivity index (χ2n) is 5.75. The van der Waals surface area contributed by atoms with Crippen LogP contribution in [0.4, 0.5) is 0 Å². The summed E-state index contributed by atoms with van der Waals surface area (Å²) in [5.41, 5.74) is 3.71. The molecule has 4 heteroatoms. The summed E-state index contributed by atoms with van der Waals surface area (Å²) in [4.78, 5) is 16.8. The maximum absolute atomic E-state index is 12.5. The lowest BCUT2D eigenvalue weighted by Gasteiger charge is -2.09. The highest BCUT2D eigenvalue weighted by Crippen LogP contribution is 2.15. The third-order valence-corrected chi connectivity index (χ3v) is 3.97. The van der Waals surface area contributed by atoms with E-state index in [1.54, 1.807) is 0 Å². The highest BCUT2D eigenvalue weighted by Gasteiger charge is 2.13. The molecule has 0 bridgehead atoms. The second-order valence-corrected chi connectivity index (χ2v) is 5.75. The van der Waals surface area contributed by atoms with Gasteiger partial charge in [-0.1, -0.05) is 48.5 Å². The van der Waals surface area contributed by atoms with E-state index in [1.165, 1.54) is 5.56 Å². The summed E-state index contributed by atoms with van der Waals surface area (Å²) in [6, 6.07) is 17.8. The number of rotatable bonds is 5. The quantitative estimate of drug-likeness (QED) is 0.777. The normalized spacial score (nSPS) is 10.6. The van der Waals surface area contributed by atoms with Crippen molar-refractivity contribution in [1.82, 2.24) is 10.3 Å². The third kappa shape index (κ3) is 3.71. The van der Waals surface area contributed by atoms with Gasteiger partial charge in [0.2, 0.25) is 5.89 Å². The Labute approximate surface area is 141 Å². The summed E-state index contributed by atoms with van der Waals surface area (Å²) >= 11 is 0. The zero-order chi connectivity index (χ0) is 16.9. The van der Waals surface area contributed by atoms with Crippen molar-refractivity contribution >= 4 is 5.91 Å². The molecule has 3 aromatic rings. The van der Waals surface area contributed by atoms with Gasteiger partial charge in [-0.05, 0) is 37.5 Å². The maximum Gasteiger partial charge on any atom is 0.252 e. The fraction of sp³-hybridized carbons (Fsp3) is 0.200. The van der Waals surface area contributed by atoms with E-state index in [4.69, 9.17) is 4.42 Å². The lowest BCUT2D eigenvalue weighted by molar-refractivity contribution is 0.0946. The zero-order valence-electron chi connectivity index (χ0n) is 13.9. The molecule has 0 radical (unpaired) electrons. The number of aryl methyl sites for hydroxylation is 2. The average Bonchev–Trinajstić information content (AvgIpc) is 2.92. The molecule has 3 rings (SSSR count). The van der Waals surface area contributed by atoms with E-state index >= 15 is 0 Å². The molecule has 0 aliphatic carbocycles. The molecule has 2 aromatic carbocycles. The van der Waals surface area contributed by atoms with Gasteiger partial charge >= 0.3 is 0 Å². The van der Waals surface area contributed by atoms with E-state index in [0.717, 1.165) is 23.4 Å². The van der Waals surface area contributed by atoms with E-state index in [1.807, 2.05) is 56.3 Å². The Hall–Kier alpha value is -2.88. The summed E-state index contributed by atoms with van der Waals surface area (Å²) in [5.74, 6) is 1.19. The van der Waals surface area contributed by atoms with Crippen molar-refractivity contribution in [1.29, 1.82) is 0 Å². The molecule has 0 spiro atoms. The van der Waals surface area contributed by atoms with Crippen molar-refractivity contribution in [2.45, 2.75) is 26.8 Å². The van der Waals surface area contributed by atoms with Gasteiger partial charge in [0.25, 0.3) is 5.91 Å². The SMILES string of the molecule is Cc1nc(CNC(=O)c2ccccc2Cc2ccccc2)oc1C. The maximum atomic E-state index is 12.5. The minimum absolute atomic E-state index is 0.116. The topological polar surface area (TPSA) is 55.1 Å². The predicted molar refractivity (Wildman–Crippen MR) is 92.8 cm³/mol. The standard InChI is InChI=1S/C20H20N2O2/c1-14-15(2)24-19(22-14)13-21-20(23)18-11-7-6-10-17(18)12-16-8-4-3-5-9-16/h3-11H,12-13H2,1-2H3,(H,21,23). The first-order valence-electron chi connectivity index (χ1n) is 7.96.